The van der Waals surface area contributed by atoms with Crippen LogP contribution in [0.5, 0.6) is 0 Å². The molecule has 2 aromatic heterocycles. The number of fused-ring (bicyclic) bond motifs is 1. The Morgan fingerprint density at radius 1 is 1.28 bits per heavy atom. The van der Waals surface area contributed by atoms with Crippen molar-refractivity contribution < 1.29 is 19.1 Å². The Kier molecular flexibility index (Phi) is 6.07. The second kappa shape index (κ2) is 8.65. The highest BCUT2D eigenvalue weighted by Crippen LogP contribution is 2.33. The quantitative estimate of drug-likeness (QED) is 0.673. The number of aryl methyl sites for hydroxylation is 1. The number of hydrogen-bond acceptors (Lipinski definition) is 6. The molecular weight excluding hydrogens is 426 g/mol. The summed E-state index contributed by atoms with van der Waals surface area (Å²) in [5.74, 6) is 0.181. The molecule has 0 spiro atoms. The van der Waals surface area contributed by atoms with Crippen molar-refractivity contribution in [3.63, 3.8) is 0 Å². The molecule has 0 aliphatic carbocycles. The van der Waals surface area contributed by atoms with E-state index in [4.69, 9.17) is 4.74 Å². The third-order valence-corrected chi connectivity index (χ3v) is 6.97. The SMILES string of the molecule is Cc1nc(CC(=O)C2CCC(=O)c3cccn32)sc1C1=CCN(C(=O)OC(C)(C)C)CC1. The second-order valence-electron chi connectivity index (χ2n) is 9.35. The van der Waals surface area contributed by atoms with Gasteiger partial charge in [0.05, 0.1) is 28.7 Å². The van der Waals surface area contributed by atoms with Gasteiger partial charge in [-0.1, -0.05) is 6.08 Å². The Hall–Kier alpha value is -2.74. The summed E-state index contributed by atoms with van der Waals surface area (Å²) in [5.41, 5.74) is 2.18. The van der Waals surface area contributed by atoms with E-state index in [1.165, 1.54) is 0 Å². The predicted octanol–water partition coefficient (Wildman–Crippen LogP) is 4.61. The molecule has 0 saturated heterocycles. The second-order valence-corrected chi connectivity index (χ2v) is 10.4. The first-order chi connectivity index (χ1) is 15.1. The lowest BCUT2D eigenvalue weighted by molar-refractivity contribution is -0.121. The van der Waals surface area contributed by atoms with Crippen LogP contribution in [0.4, 0.5) is 4.79 Å². The maximum atomic E-state index is 13.0. The number of thiazole rings is 1. The van der Waals surface area contributed by atoms with Gasteiger partial charge in [0.1, 0.15) is 10.6 Å². The number of ketones is 2. The molecule has 1 unspecified atom stereocenters. The fourth-order valence-electron chi connectivity index (χ4n) is 4.21. The lowest BCUT2D eigenvalue weighted by Gasteiger charge is -2.29. The summed E-state index contributed by atoms with van der Waals surface area (Å²) >= 11 is 1.55. The molecule has 0 aromatic carbocycles. The van der Waals surface area contributed by atoms with E-state index in [2.05, 4.69) is 11.1 Å². The molecule has 2 aliphatic heterocycles. The summed E-state index contributed by atoms with van der Waals surface area (Å²) < 4.78 is 7.27. The number of hydrogen-bond donors (Lipinski definition) is 0. The highest BCUT2D eigenvalue weighted by Gasteiger charge is 2.30. The molecule has 8 heteroatoms. The van der Waals surface area contributed by atoms with Gasteiger partial charge in [-0.2, -0.15) is 0 Å². The van der Waals surface area contributed by atoms with Crippen molar-refractivity contribution in [1.82, 2.24) is 14.5 Å². The molecular formula is C24H29N3O4S. The lowest BCUT2D eigenvalue weighted by atomic mass is 9.97. The molecule has 2 aromatic rings. The fourth-order valence-corrected chi connectivity index (χ4v) is 5.36. The zero-order chi connectivity index (χ0) is 23.0. The molecule has 0 radical (unpaired) electrons. The van der Waals surface area contributed by atoms with Gasteiger partial charge >= 0.3 is 6.09 Å². The molecule has 4 rings (SSSR count). The van der Waals surface area contributed by atoms with Gasteiger partial charge in [0.25, 0.3) is 0 Å². The van der Waals surface area contributed by atoms with Gasteiger partial charge < -0.3 is 14.2 Å². The minimum atomic E-state index is -0.510. The normalized spacial score (nSPS) is 18.9. The van der Waals surface area contributed by atoms with Crippen LogP contribution in [0.2, 0.25) is 0 Å². The van der Waals surface area contributed by atoms with E-state index in [1.54, 1.807) is 22.3 Å². The summed E-state index contributed by atoms with van der Waals surface area (Å²) in [7, 11) is 0. The van der Waals surface area contributed by atoms with Gasteiger partial charge in [0.15, 0.2) is 11.6 Å². The van der Waals surface area contributed by atoms with Crippen molar-refractivity contribution in [1.29, 1.82) is 0 Å². The number of nitrogens with zero attached hydrogens (tertiary/aromatic N) is 3. The number of rotatable bonds is 4. The summed E-state index contributed by atoms with van der Waals surface area (Å²) in [6.07, 6.45) is 5.52. The van der Waals surface area contributed by atoms with Crippen molar-refractivity contribution >= 4 is 34.6 Å². The van der Waals surface area contributed by atoms with Crippen LogP contribution in [0.1, 0.15) is 72.1 Å². The monoisotopic (exact) mass is 455 g/mol. The highest BCUT2D eigenvalue weighted by atomic mass is 32.1. The number of ether oxygens (including phenoxy) is 1. The maximum absolute atomic E-state index is 13.0. The van der Waals surface area contributed by atoms with Gasteiger partial charge in [-0.3, -0.25) is 9.59 Å². The van der Waals surface area contributed by atoms with E-state index in [-0.39, 0.29) is 30.1 Å². The lowest BCUT2D eigenvalue weighted by Crippen LogP contribution is -2.39. The zero-order valence-corrected chi connectivity index (χ0v) is 19.8. The first-order valence-electron chi connectivity index (χ1n) is 11.0. The van der Waals surface area contributed by atoms with Gasteiger partial charge in [-0.15, -0.1) is 11.3 Å². The van der Waals surface area contributed by atoms with Crippen molar-refractivity contribution in [2.75, 3.05) is 13.1 Å². The number of carbonyl (C=O) groups is 3. The largest absolute Gasteiger partial charge is 0.444 e. The Morgan fingerprint density at radius 3 is 2.75 bits per heavy atom. The van der Waals surface area contributed by atoms with E-state index in [9.17, 15) is 14.4 Å². The first kappa shape index (κ1) is 22.5. The van der Waals surface area contributed by atoms with Crippen LogP contribution < -0.4 is 0 Å². The minimum absolute atomic E-state index is 0.0870. The minimum Gasteiger partial charge on any atom is -0.444 e. The average Bonchev–Trinajstić information content (AvgIpc) is 3.34. The van der Waals surface area contributed by atoms with Crippen LogP contribution >= 0.6 is 11.3 Å². The van der Waals surface area contributed by atoms with Crippen molar-refractivity contribution in [2.24, 2.45) is 0 Å². The molecule has 1 amide bonds. The van der Waals surface area contributed by atoms with Crippen molar-refractivity contribution in [3.8, 4) is 0 Å². The molecule has 0 saturated carbocycles. The highest BCUT2D eigenvalue weighted by molar-refractivity contribution is 7.13. The Morgan fingerprint density at radius 2 is 2.06 bits per heavy atom. The molecule has 2 aliphatic rings. The Labute approximate surface area is 192 Å². The average molecular weight is 456 g/mol. The van der Waals surface area contributed by atoms with Crippen molar-refractivity contribution in [2.45, 2.75) is 65.0 Å². The van der Waals surface area contributed by atoms with E-state index in [0.717, 1.165) is 27.6 Å². The van der Waals surface area contributed by atoms with Crippen molar-refractivity contribution in [3.05, 3.63) is 45.7 Å². The van der Waals surface area contributed by atoms with Gasteiger partial charge in [0, 0.05) is 25.7 Å². The number of aromatic nitrogens is 2. The molecule has 7 nitrogen and oxygen atoms in total. The van der Waals surface area contributed by atoms with Gasteiger partial charge in [-0.05, 0) is 58.2 Å². The van der Waals surface area contributed by atoms with Gasteiger partial charge in [0.2, 0.25) is 0 Å². The summed E-state index contributed by atoms with van der Waals surface area (Å²) in [5, 5.41) is 0.795. The van der Waals surface area contributed by atoms with Crippen LogP contribution in [-0.4, -0.2) is 50.8 Å². The topological polar surface area (TPSA) is 81.5 Å². The third-order valence-electron chi connectivity index (χ3n) is 5.74. The van der Waals surface area contributed by atoms with E-state index < -0.39 is 5.60 Å². The standard InChI is InChI=1S/C24H29N3O4S/c1-15-22(16-9-12-26(13-10-16)23(30)31-24(2,3)4)32-21(25-15)14-20(29)18-7-8-19(28)17-6-5-11-27(17)18/h5-6,9,11,18H,7-8,10,12-14H2,1-4H3. The molecule has 4 heterocycles. The molecule has 32 heavy (non-hydrogen) atoms. The Bertz CT molecular complexity index is 1090. The van der Waals surface area contributed by atoms with Gasteiger partial charge in [-0.25, -0.2) is 9.78 Å². The smallest absolute Gasteiger partial charge is 0.410 e. The number of carbonyl (C=O) groups excluding carboxylic acids is 3. The van der Waals surface area contributed by atoms with Crippen LogP contribution in [0.3, 0.4) is 0 Å². The molecule has 170 valence electrons. The number of amides is 1. The fraction of sp³-hybridized carbons (Fsp3) is 0.500. The predicted molar refractivity (Wildman–Crippen MR) is 123 cm³/mol. The van der Waals surface area contributed by atoms with Crippen LogP contribution in [0, 0.1) is 6.92 Å². The van der Waals surface area contributed by atoms with Crippen LogP contribution in [0.15, 0.2) is 24.4 Å². The van der Waals surface area contributed by atoms with E-state index >= 15 is 0 Å². The molecule has 1 atom stereocenters. The zero-order valence-electron chi connectivity index (χ0n) is 19.0. The summed E-state index contributed by atoms with van der Waals surface area (Å²) in [4.78, 5) is 44.8. The van der Waals surface area contributed by atoms with Crippen LogP contribution in [0.25, 0.3) is 5.57 Å². The van der Waals surface area contributed by atoms with E-state index in [0.29, 0.717) is 31.6 Å². The first-order valence-corrected chi connectivity index (χ1v) is 11.8. The number of Topliss-reactive ketones (excluding diaryl/α,β-unsaturated/α-hetero) is 2. The maximum Gasteiger partial charge on any atom is 0.410 e. The Balaban J connectivity index is 1.43. The van der Waals surface area contributed by atoms with E-state index in [1.807, 2.05) is 44.5 Å². The van der Waals surface area contributed by atoms with Crippen LogP contribution in [-0.2, 0) is 16.0 Å². The molecule has 0 bridgehead atoms. The molecule has 0 N–H and O–H groups in total. The third kappa shape index (κ3) is 4.70. The summed E-state index contributed by atoms with van der Waals surface area (Å²) in [6, 6.07) is 3.30. The molecule has 0 fully saturated rings. The summed E-state index contributed by atoms with van der Waals surface area (Å²) in [6.45, 7) is 8.65.